The lowest BCUT2D eigenvalue weighted by Gasteiger charge is -2.15. The van der Waals surface area contributed by atoms with Gasteiger partial charge in [-0.15, -0.1) is 11.3 Å². The van der Waals surface area contributed by atoms with E-state index in [2.05, 4.69) is 5.32 Å². The monoisotopic (exact) mass is 380 g/mol. The third kappa shape index (κ3) is 3.58. The second-order valence-electron chi connectivity index (χ2n) is 5.57. The first-order valence-electron chi connectivity index (χ1n) is 7.62. The van der Waals surface area contributed by atoms with Gasteiger partial charge in [0.15, 0.2) is 0 Å². The van der Waals surface area contributed by atoms with E-state index in [4.69, 9.17) is 5.11 Å². The largest absolute Gasteiger partial charge is 0.478 e. The van der Waals surface area contributed by atoms with Gasteiger partial charge in [0.05, 0.1) is 5.56 Å². The molecule has 1 aliphatic rings. The van der Waals surface area contributed by atoms with E-state index in [0.717, 1.165) is 24.2 Å². The molecule has 2 aromatic rings. The average Bonchev–Trinajstić information content (AvgIpc) is 3.27. The van der Waals surface area contributed by atoms with E-state index in [9.17, 15) is 18.0 Å². The normalized spacial score (nSPS) is 15.2. The first-order valence-corrected chi connectivity index (χ1v) is 9.94. The molecule has 3 rings (SSSR count). The molecule has 1 amide bonds. The Morgan fingerprint density at radius 3 is 2.56 bits per heavy atom. The zero-order chi connectivity index (χ0) is 18.0. The lowest BCUT2D eigenvalue weighted by Crippen LogP contribution is -2.29. The number of carbonyl (C=O) groups is 2. The van der Waals surface area contributed by atoms with E-state index >= 15 is 0 Å². The number of anilines is 1. The molecule has 0 bridgehead atoms. The number of aromatic carboxylic acids is 1. The first kappa shape index (κ1) is 17.6. The molecule has 0 atom stereocenters. The minimum atomic E-state index is -3.70. The Morgan fingerprint density at radius 2 is 1.88 bits per heavy atom. The standard InChI is InChI=1S/C16H16N2O5S2/c19-15(17-12-5-3-4-11(10-12)16(20)21)14-13(6-9-24-14)25(22,23)18-7-1-2-8-18/h3-6,9-10H,1-2,7-8H2,(H,17,19)(H,20,21). The van der Waals surface area contributed by atoms with Crippen LogP contribution in [0.4, 0.5) is 5.69 Å². The van der Waals surface area contributed by atoms with Crippen molar-refractivity contribution in [2.24, 2.45) is 0 Å². The maximum Gasteiger partial charge on any atom is 0.335 e. The highest BCUT2D eigenvalue weighted by molar-refractivity contribution is 7.89. The van der Waals surface area contributed by atoms with Gasteiger partial charge in [-0.3, -0.25) is 4.79 Å². The number of nitrogens with one attached hydrogen (secondary N) is 1. The fraction of sp³-hybridized carbons (Fsp3) is 0.250. The highest BCUT2D eigenvalue weighted by Crippen LogP contribution is 2.28. The Morgan fingerprint density at radius 1 is 1.16 bits per heavy atom. The van der Waals surface area contributed by atoms with Crippen LogP contribution in [0.1, 0.15) is 32.9 Å². The quantitative estimate of drug-likeness (QED) is 0.829. The van der Waals surface area contributed by atoms with E-state index in [1.165, 1.54) is 28.6 Å². The molecule has 0 aliphatic carbocycles. The van der Waals surface area contributed by atoms with Crippen LogP contribution in [0.2, 0.25) is 0 Å². The summed E-state index contributed by atoms with van der Waals surface area (Å²) in [7, 11) is -3.70. The summed E-state index contributed by atoms with van der Waals surface area (Å²) in [6, 6.07) is 7.22. The Bertz CT molecular complexity index is 914. The number of hydrogen-bond donors (Lipinski definition) is 2. The topological polar surface area (TPSA) is 104 Å². The van der Waals surface area contributed by atoms with Crippen molar-refractivity contribution in [3.05, 3.63) is 46.2 Å². The van der Waals surface area contributed by atoms with Crippen molar-refractivity contribution in [2.75, 3.05) is 18.4 Å². The predicted molar refractivity (Wildman–Crippen MR) is 93.7 cm³/mol. The fourth-order valence-electron chi connectivity index (χ4n) is 2.65. The molecule has 1 aromatic heterocycles. The van der Waals surface area contributed by atoms with Crippen LogP contribution in [0.5, 0.6) is 0 Å². The van der Waals surface area contributed by atoms with Crippen LogP contribution in [0.3, 0.4) is 0 Å². The smallest absolute Gasteiger partial charge is 0.335 e. The molecule has 1 saturated heterocycles. The maximum absolute atomic E-state index is 12.7. The minimum Gasteiger partial charge on any atom is -0.478 e. The van der Waals surface area contributed by atoms with Crippen molar-refractivity contribution in [1.29, 1.82) is 0 Å². The van der Waals surface area contributed by atoms with Gasteiger partial charge < -0.3 is 10.4 Å². The van der Waals surface area contributed by atoms with Crippen LogP contribution in [-0.2, 0) is 10.0 Å². The molecule has 25 heavy (non-hydrogen) atoms. The van der Waals surface area contributed by atoms with E-state index < -0.39 is 21.9 Å². The van der Waals surface area contributed by atoms with E-state index in [0.29, 0.717) is 18.8 Å². The highest BCUT2D eigenvalue weighted by atomic mass is 32.2. The van der Waals surface area contributed by atoms with Crippen molar-refractivity contribution < 1.29 is 23.1 Å². The SMILES string of the molecule is O=C(O)c1cccc(NC(=O)c2sccc2S(=O)(=O)N2CCCC2)c1. The number of hydrogen-bond acceptors (Lipinski definition) is 5. The lowest BCUT2D eigenvalue weighted by molar-refractivity contribution is 0.0696. The molecular formula is C16H16N2O5S2. The second-order valence-corrected chi connectivity index (χ2v) is 8.39. The van der Waals surface area contributed by atoms with Gasteiger partial charge in [-0.25, -0.2) is 13.2 Å². The predicted octanol–water partition coefficient (Wildman–Crippen LogP) is 2.48. The summed E-state index contributed by atoms with van der Waals surface area (Å²) in [5, 5.41) is 13.1. The Labute approximate surface area is 149 Å². The molecule has 2 heterocycles. The summed E-state index contributed by atoms with van der Waals surface area (Å²) < 4.78 is 26.8. The van der Waals surface area contributed by atoms with E-state index in [1.807, 2.05) is 0 Å². The molecular weight excluding hydrogens is 364 g/mol. The number of carboxylic acids is 1. The third-order valence-electron chi connectivity index (χ3n) is 3.89. The van der Waals surface area contributed by atoms with Crippen molar-refractivity contribution in [2.45, 2.75) is 17.7 Å². The fourth-order valence-corrected chi connectivity index (χ4v) is 5.46. The van der Waals surface area contributed by atoms with Gasteiger partial charge in [-0.05, 0) is 42.5 Å². The number of sulfonamides is 1. The number of carboxylic acid groups (broad SMARTS) is 1. The summed E-state index contributed by atoms with van der Waals surface area (Å²) in [6.45, 7) is 0.916. The molecule has 2 N–H and O–H groups in total. The van der Waals surface area contributed by atoms with E-state index in [-0.39, 0.29) is 15.3 Å². The van der Waals surface area contributed by atoms with Crippen molar-refractivity contribution >= 4 is 38.9 Å². The van der Waals surface area contributed by atoms with Crippen LogP contribution in [0.15, 0.2) is 40.6 Å². The molecule has 1 aliphatic heterocycles. The van der Waals surface area contributed by atoms with Gasteiger partial charge >= 0.3 is 5.97 Å². The second kappa shape index (κ2) is 6.95. The zero-order valence-electron chi connectivity index (χ0n) is 13.1. The van der Waals surface area contributed by atoms with Crippen molar-refractivity contribution in [1.82, 2.24) is 4.31 Å². The number of carbonyl (C=O) groups excluding carboxylic acids is 1. The summed E-state index contributed by atoms with van der Waals surface area (Å²) in [4.78, 5) is 23.6. The van der Waals surface area contributed by atoms with Crippen LogP contribution in [0.25, 0.3) is 0 Å². The zero-order valence-corrected chi connectivity index (χ0v) is 14.8. The Hall–Kier alpha value is -2.23. The Balaban J connectivity index is 1.86. The number of nitrogens with zero attached hydrogens (tertiary/aromatic N) is 1. The van der Waals surface area contributed by atoms with E-state index in [1.54, 1.807) is 11.4 Å². The van der Waals surface area contributed by atoms with Crippen LogP contribution in [-0.4, -0.2) is 42.8 Å². The van der Waals surface area contributed by atoms with Gasteiger partial charge in [0.1, 0.15) is 9.77 Å². The van der Waals surface area contributed by atoms with Gasteiger partial charge in [0.25, 0.3) is 5.91 Å². The number of thiophene rings is 1. The molecule has 1 fully saturated rings. The molecule has 0 spiro atoms. The average molecular weight is 380 g/mol. The summed E-state index contributed by atoms with van der Waals surface area (Å²) in [5.74, 6) is -1.68. The van der Waals surface area contributed by atoms with Crippen LogP contribution in [0, 0.1) is 0 Å². The van der Waals surface area contributed by atoms with Gasteiger partial charge in [-0.2, -0.15) is 4.31 Å². The van der Waals surface area contributed by atoms with Gasteiger partial charge in [-0.1, -0.05) is 6.07 Å². The third-order valence-corrected chi connectivity index (χ3v) is 6.87. The molecule has 1 aromatic carbocycles. The summed E-state index contributed by atoms with van der Waals surface area (Å²) >= 11 is 1.04. The summed E-state index contributed by atoms with van der Waals surface area (Å²) in [5.41, 5.74) is 0.330. The van der Waals surface area contributed by atoms with Crippen molar-refractivity contribution in [3.8, 4) is 0 Å². The molecule has 7 nitrogen and oxygen atoms in total. The van der Waals surface area contributed by atoms with Gasteiger partial charge in [0, 0.05) is 18.8 Å². The molecule has 0 radical (unpaired) electrons. The molecule has 132 valence electrons. The van der Waals surface area contributed by atoms with Crippen molar-refractivity contribution in [3.63, 3.8) is 0 Å². The van der Waals surface area contributed by atoms with Gasteiger partial charge in [0.2, 0.25) is 10.0 Å². The maximum atomic E-state index is 12.7. The molecule has 0 unspecified atom stereocenters. The highest BCUT2D eigenvalue weighted by Gasteiger charge is 2.31. The molecule has 9 heteroatoms. The first-order chi connectivity index (χ1) is 11.9. The molecule has 0 saturated carbocycles. The summed E-state index contributed by atoms with van der Waals surface area (Å²) in [6.07, 6.45) is 1.62. The Kier molecular flexibility index (Phi) is 4.89. The number of rotatable bonds is 5. The van der Waals surface area contributed by atoms with Crippen LogP contribution < -0.4 is 5.32 Å². The minimum absolute atomic E-state index is 0.00807. The number of amides is 1. The van der Waals surface area contributed by atoms with Crippen LogP contribution >= 0.6 is 11.3 Å². The number of benzene rings is 1. The lowest BCUT2D eigenvalue weighted by atomic mass is 10.2.